The number of hydrogen-bond donors (Lipinski definition) is 0. The number of nitrogens with zero attached hydrogens (tertiary/aromatic N) is 2. The molecule has 0 atom stereocenters. The van der Waals surface area contributed by atoms with Crippen molar-refractivity contribution in [3.8, 4) is 10.4 Å². The van der Waals surface area contributed by atoms with Crippen molar-refractivity contribution in [1.29, 1.82) is 0 Å². The summed E-state index contributed by atoms with van der Waals surface area (Å²) in [6, 6.07) is 7.83. The van der Waals surface area contributed by atoms with E-state index < -0.39 is 0 Å². The lowest BCUT2D eigenvalue weighted by Gasteiger charge is -2.22. The lowest BCUT2D eigenvalue weighted by atomic mass is 10.2. The van der Waals surface area contributed by atoms with Crippen LogP contribution in [0.1, 0.15) is 18.4 Å². The molecule has 0 spiro atoms. The van der Waals surface area contributed by atoms with Gasteiger partial charge in [-0.3, -0.25) is 9.97 Å². The Bertz CT molecular complexity index is 798. The van der Waals surface area contributed by atoms with Crippen LogP contribution < -0.4 is 0 Å². The van der Waals surface area contributed by atoms with Gasteiger partial charge in [0.25, 0.3) is 0 Å². The predicted octanol–water partition coefficient (Wildman–Crippen LogP) is 4.45. The second kappa shape index (κ2) is 5.93. The Morgan fingerprint density at radius 2 is 2.00 bits per heavy atom. The zero-order chi connectivity index (χ0) is 14.9. The van der Waals surface area contributed by atoms with Crippen LogP contribution in [-0.2, 0) is 9.47 Å². The summed E-state index contributed by atoms with van der Waals surface area (Å²) in [4.78, 5) is 9.92. The van der Waals surface area contributed by atoms with E-state index >= 15 is 0 Å². The fourth-order valence-corrected chi connectivity index (χ4v) is 3.68. The van der Waals surface area contributed by atoms with Crippen LogP contribution in [-0.4, -0.2) is 23.2 Å². The molecule has 1 fully saturated rings. The summed E-state index contributed by atoms with van der Waals surface area (Å²) in [5.41, 5.74) is 2.76. The number of rotatable bonds is 2. The monoisotopic (exact) mass is 332 g/mol. The summed E-state index contributed by atoms with van der Waals surface area (Å²) >= 11 is 7.83. The van der Waals surface area contributed by atoms with E-state index in [1.165, 1.54) is 0 Å². The molecule has 1 aliphatic heterocycles. The minimum Gasteiger partial charge on any atom is -0.347 e. The van der Waals surface area contributed by atoms with Crippen molar-refractivity contribution >= 4 is 33.2 Å². The van der Waals surface area contributed by atoms with Gasteiger partial charge in [0.2, 0.25) is 6.29 Å². The first-order valence-electron chi connectivity index (χ1n) is 7.05. The number of hydrogen-bond acceptors (Lipinski definition) is 5. The molecule has 4 rings (SSSR count). The standard InChI is InChI=1S/C16H13ClN2O2S/c17-11-4-5-18-13-8-14(22-15(11)13)10-2-3-12(19-9-10)16-20-6-1-7-21-16/h2-5,8-9,16H,1,6-7H2. The molecule has 3 aromatic heterocycles. The average molecular weight is 333 g/mol. The summed E-state index contributed by atoms with van der Waals surface area (Å²) in [5, 5.41) is 0.731. The Balaban J connectivity index is 1.65. The van der Waals surface area contributed by atoms with Crippen LogP contribution in [0.15, 0.2) is 36.7 Å². The normalized spacial score (nSPS) is 16.2. The largest absolute Gasteiger partial charge is 0.347 e. The number of thiophene rings is 1. The van der Waals surface area contributed by atoms with Gasteiger partial charge in [-0.2, -0.15) is 0 Å². The Hall–Kier alpha value is -1.53. The van der Waals surface area contributed by atoms with E-state index in [-0.39, 0.29) is 6.29 Å². The second-order valence-corrected chi connectivity index (χ2v) is 6.48. The topological polar surface area (TPSA) is 44.2 Å². The Morgan fingerprint density at radius 3 is 2.73 bits per heavy atom. The third-order valence-corrected chi connectivity index (χ3v) is 5.14. The van der Waals surface area contributed by atoms with E-state index in [9.17, 15) is 0 Å². The van der Waals surface area contributed by atoms with E-state index in [4.69, 9.17) is 21.1 Å². The van der Waals surface area contributed by atoms with Gasteiger partial charge >= 0.3 is 0 Å². The molecule has 0 bridgehead atoms. The van der Waals surface area contributed by atoms with E-state index in [2.05, 4.69) is 9.97 Å². The molecule has 0 amide bonds. The minimum absolute atomic E-state index is 0.346. The number of ether oxygens (including phenoxy) is 2. The Labute approximate surface area is 136 Å². The maximum atomic E-state index is 6.21. The smallest absolute Gasteiger partial charge is 0.201 e. The van der Waals surface area contributed by atoms with Crippen molar-refractivity contribution in [2.45, 2.75) is 12.7 Å². The molecule has 0 aliphatic carbocycles. The van der Waals surface area contributed by atoms with E-state index in [0.29, 0.717) is 13.2 Å². The van der Waals surface area contributed by atoms with E-state index in [1.807, 2.05) is 30.5 Å². The fraction of sp³-hybridized carbons (Fsp3) is 0.250. The molecule has 1 saturated heterocycles. The van der Waals surface area contributed by atoms with Gasteiger partial charge in [-0.1, -0.05) is 17.7 Å². The molecule has 4 nitrogen and oxygen atoms in total. The molecule has 4 heterocycles. The first-order chi connectivity index (χ1) is 10.8. The van der Waals surface area contributed by atoms with Crippen molar-refractivity contribution < 1.29 is 9.47 Å². The maximum Gasteiger partial charge on any atom is 0.201 e. The summed E-state index contributed by atoms with van der Waals surface area (Å²) in [5.74, 6) is 0. The highest BCUT2D eigenvalue weighted by atomic mass is 35.5. The van der Waals surface area contributed by atoms with Gasteiger partial charge in [0.1, 0.15) is 0 Å². The van der Waals surface area contributed by atoms with Crippen LogP contribution in [0.2, 0.25) is 5.02 Å². The quantitative estimate of drug-likeness (QED) is 0.695. The number of halogens is 1. The van der Waals surface area contributed by atoms with Crippen LogP contribution in [0.3, 0.4) is 0 Å². The molecule has 22 heavy (non-hydrogen) atoms. The van der Waals surface area contributed by atoms with Crippen LogP contribution in [0.25, 0.3) is 20.7 Å². The molecule has 3 aromatic rings. The van der Waals surface area contributed by atoms with Crippen LogP contribution in [0.5, 0.6) is 0 Å². The summed E-state index contributed by atoms with van der Waals surface area (Å²) in [7, 11) is 0. The first kappa shape index (κ1) is 14.1. The van der Waals surface area contributed by atoms with Gasteiger partial charge in [0, 0.05) is 22.8 Å². The number of aromatic nitrogens is 2. The van der Waals surface area contributed by atoms with Crippen LogP contribution in [0.4, 0.5) is 0 Å². The molecule has 1 aliphatic rings. The van der Waals surface area contributed by atoms with Crippen LogP contribution >= 0.6 is 22.9 Å². The summed E-state index contributed by atoms with van der Waals surface area (Å²) in [6.45, 7) is 1.43. The maximum absolute atomic E-state index is 6.21. The zero-order valence-corrected chi connectivity index (χ0v) is 13.2. The molecule has 0 radical (unpaired) electrons. The zero-order valence-electron chi connectivity index (χ0n) is 11.7. The molecular formula is C16H13ClN2O2S. The molecule has 6 heteroatoms. The predicted molar refractivity (Wildman–Crippen MR) is 87.1 cm³/mol. The van der Waals surface area contributed by atoms with Gasteiger partial charge in [-0.05, 0) is 24.6 Å². The molecule has 0 unspecified atom stereocenters. The van der Waals surface area contributed by atoms with Crippen molar-refractivity contribution in [1.82, 2.24) is 9.97 Å². The molecule has 112 valence electrons. The molecule has 0 N–H and O–H groups in total. The third kappa shape index (κ3) is 2.61. The second-order valence-electron chi connectivity index (χ2n) is 5.02. The highest BCUT2D eigenvalue weighted by Gasteiger charge is 2.18. The van der Waals surface area contributed by atoms with Gasteiger partial charge in [0.15, 0.2) is 0 Å². The van der Waals surface area contributed by atoms with Crippen molar-refractivity contribution in [3.05, 3.63) is 47.4 Å². The Morgan fingerprint density at radius 1 is 1.14 bits per heavy atom. The molecule has 0 saturated carbocycles. The molecular weight excluding hydrogens is 320 g/mol. The van der Waals surface area contributed by atoms with Crippen LogP contribution in [0, 0.1) is 0 Å². The first-order valence-corrected chi connectivity index (χ1v) is 8.24. The Kier molecular flexibility index (Phi) is 3.80. The van der Waals surface area contributed by atoms with Gasteiger partial charge in [0.05, 0.1) is 34.1 Å². The molecule has 0 aromatic carbocycles. The number of pyridine rings is 2. The van der Waals surface area contributed by atoms with Gasteiger partial charge < -0.3 is 9.47 Å². The average Bonchev–Trinajstić information content (AvgIpc) is 3.02. The number of fused-ring (bicyclic) bond motifs is 1. The highest BCUT2D eigenvalue weighted by Crippen LogP contribution is 2.36. The third-order valence-electron chi connectivity index (χ3n) is 3.50. The van der Waals surface area contributed by atoms with E-state index in [0.717, 1.165) is 37.8 Å². The van der Waals surface area contributed by atoms with Crippen molar-refractivity contribution in [2.75, 3.05) is 13.2 Å². The SMILES string of the molecule is Clc1ccnc2cc(-c3ccc(C4OCCCO4)nc3)sc12. The fourth-order valence-electron chi connectivity index (χ4n) is 2.40. The van der Waals surface area contributed by atoms with E-state index in [1.54, 1.807) is 17.5 Å². The minimum atomic E-state index is -0.346. The van der Waals surface area contributed by atoms with Gasteiger partial charge in [-0.15, -0.1) is 11.3 Å². The summed E-state index contributed by atoms with van der Waals surface area (Å²) < 4.78 is 12.1. The lowest BCUT2D eigenvalue weighted by Crippen LogP contribution is -2.18. The van der Waals surface area contributed by atoms with Crippen molar-refractivity contribution in [3.63, 3.8) is 0 Å². The lowest BCUT2D eigenvalue weighted by molar-refractivity contribution is -0.185. The van der Waals surface area contributed by atoms with Gasteiger partial charge in [-0.25, -0.2) is 0 Å². The summed E-state index contributed by atoms with van der Waals surface area (Å²) in [6.07, 6.45) is 4.15. The van der Waals surface area contributed by atoms with Crippen molar-refractivity contribution in [2.24, 2.45) is 0 Å². The highest BCUT2D eigenvalue weighted by molar-refractivity contribution is 7.22.